The molecule has 14 heavy (non-hydrogen) atoms. The lowest BCUT2D eigenvalue weighted by Gasteiger charge is -2.12. The number of benzene rings is 1. The van der Waals surface area contributed by atoms with Crippen LogP contribution in [0, 0.1) is 13.8 Å². The van der Waals surface area contributed by atoms with Gasteiger partial charge in [-0.3, -0.25) is 10.6 Å². The Labute approximate surface area is 83.5 Å². The third-order valence-electron chi connectivity index (χ3n) is 2.02. The zero-order chi connectivity index (χ0) is 10.7. The molecule has 0 aliphatic rings. The predicted octanol–water partition coefficient (Wildman–Crippen LogP) is 1.55. The number of nitrogen functional groups attached to an aromatic ring is 1. The van der Waals surface area contributed by atoms with Crippen LogP contribution in [0.2, 0.25) is 0 Å². The van der Waals surface area contributed by atoms with Crippen molar-refractivity contribution in [2.75, 3.05) is 10.7 Å². The Balaban J connectivity index is 3.15. The molecule has 0 atom stereocenters. The van der Waals surface area contributed by atoms with Gasteiger partial charge in [0.2, 0.25) is 5.91 Å². The van der Waals surface area contributed by atoms with Gasteiger partial charge in [-0.15, -0.1) is 0 Å². The van der Waals surface area contributed by atoms with Crippen molar-refractivity contribution in [2.45, 2.75) is 20.8 Å². The molecule has 0 aromatic heterocycles. The molecule has 1 rings (SSSR count). The molecule has 0 spiro atoms. The number of aryl methyl sites for hydroxylation is 1. The summed E-state index contributed by atoms with van der Waals surface area (Å²) in [5.74, 6) is 5.27. The Morgan fingerprint density at radius 3 is 2.36 bits per heavy atom. The summed E-state index contributed by atoms with van der Waals surface area (Å²) in [6.07, 6.45) is 0. The van der Waals surface area contributed by atoms with Crippen LogP contribution < -0.4 is 16.6 Å². The van der Waals surface area contributed by atoms with E-state index in [0.717, 1.165) is 22.5 Å². The van der Waals surface area contributed by atoms with E-state index in [1.54, 1.807) is 0 Å². The third-order valence-corrected chi connectivity index (χ3v) is 2.02. The van der Waals surface area contributed by atoms with Crippen molar-refractivity contribution in [1.82, 2.24) is 0 Å². The summed E-state index contributed by atoms with van der Waals surface area (Å²) >= 11 is 0. The van der Waals surface area contributed by atoms with Crippen LogP contribution in [0.5, 0.6) is 0 Å². The lowest BCUT2D eigenvalue weighted by Crippen LogP contribution is -2.12. The monoisotopic (exact) mass is 193 g/mol. The number of rotatable bonds is 2. The topological polar surface area (TPSA) is 67.2 Å². The molecule has 4 N–H and O–H groups in total. The number of hydrogen-bond donors (Lipinski definition) is 3. The normalized spacial score (nSPS) is 9.71. The van der Waals surface area contributed by atoms with Crippen LogP contribution in [0.15, 0.2) is 12.1 Å². The molecule has 0 aliphatic carbocycles. The number of amides is 1. The highest BCUT2D eigenvalue weighted by Crippen LogP contribution is 2.24. The SMILES string of the molecule is CC(=O)Nc1cc(C)cc(NN)c1C. The Hall–Kier alpha value is -1.55. The van der Waals surface area contributed by atoms with Gasteiger partial charge in [0.05, 0.1) is 5.69 Å². The molecule has 0 aliphatic heterocycles. The van der Waals surface area contributed by atoms with E-state index >= 15 is 0 Å². The number of anilines is 2. The number of nitrogens with one attached hydrogen (secondary N) is 2. The van der Waals surface area contributed by atoms with Crippen molar-refractivity contribution in [3.05, 3.63) is 23.3 Å². The number of carbonyl (C=O) groups is 1. The van der Waals surface area contributed by atoms with E-state index in [1.165, 1.54) is 6.92 Å². The second-order valence-corrected chi connectivity index (χ2v) is 3.31. The molecular formula is C10H15N3O. The van der Waals surface area contributed by atoms with Crippen molar-refractivity contribution in [1.29, 1.82) is 0 Å². The average molecular weight is 193 g/mol. The summed E-state index contributed by atoms with van der Waals surface area (Å²) < 4.78 is 0. The third kappa shape index (κ3) is 2.23. The summed E-state index contributed by atoms with van der Waals surface area (Å²) in [6.45, 7) is 5.34. The van der Waals surface area contributed by atoms with Crippen molar-refractivity contribution >= 4 is 17.3 Å². The summed E-state index contributed by atoms with van der Waals surface area (Å²) in [4.78, 5) is 10.9. The van der Waals surface area contributed by atoms with Gasteiger partial charge in [0.1, 0.15) is 0 Å². The van der Waals surface area contributed by atoms with Crippen LogP contribution in [-0.2, 0) is 4.79 Å². The first-order valence-electron chi connectivity index (χ1n) is 4.40. The molecule has 0 radical (unpaired) electrons. The molecule has 4 nitrogen and oxygen atoms in total. The van der Waals surface area contributed by atoms with Gasteiger partial charge in [-0.1, -0.05) is 0 Å². The Morgan fingerprint density at radius 2 is 1.86 bits per heavy atom. The maximum Gasteiger partial charge on any atom is 0.221 e. The van der Waals surface area contributed by atoms with E-state index in [1.807, 2.05) is 26.0 Å². The first-order chi connectivity index (χ1) is 6.54. The molecule has 1 aromatic rings. The molecule has 0 bridgehead atoms. The first kappa shape index (κ1) is 10.5. The molecule has 0 fully saturated rings. The Kier molecular flexibility index (Phi) is 3.09. The quantitative estimate of drug-likeness (QED) is 0.493. The van der Waals surface area contributed by atoms with Gasteiger partial charge >= 0.3 is 0 Å². The highest BCUT2D eigenvalue weighted by atomic mass is 16.1. The van der Waals surface area contributed by atoms with Gasteiger partial charge in [-0.2, -0.15) is 0 Å². The Bertz CT molecular complexity index is 361. The lowest BCUT2D eigenvalue weighted by atomic mass is 10.1. The van der Waals surface area contributed by atoms with E-state index in [9.17, 15) is 4.79 Å². The van der Waals surface area contributed by atoms with Crippen molar-refractivity contribution < 1.29 is 4.79 Å². The molecule has 4 heteroatoms. The number of carbonyl (C=O) groups excluding carboxylic acids is 1. The maximum atomic E-state index is 10.9. The largest absolute Gasteiger partial charge is 0.326 e. The number of nitrogens with two attached hydrogens (primary N) is 1. The zero-order valence-corrected chi connectivity index (χ0v) is 8.64. The summed E-state index contributed by atoms with van der Waals surface area (Å²) in [6, 6.07) is 3.85. The van der Waals surface area contributed by atoms with E-state index in [4.69, 9.17) is 5.84 Å². The van der Waals surface area contributed by atoms with Gasteiger partial charge < -0.3 is 10.7 Å². The van der Waals surface area contributed by atoms with E-state index in [0.29, 0.717) is 0 Å². The molecule has 0 saturated heterocycles. The van der Waals surface area contributed by atoms with Gasteiger partial charge in [0.15, 0.2) is 0 Å². The van der Waals surface area contributed by atoms with Crippen LogP contribution in [0.4, 0.5) is 11.4 Å². The molecule has 0 saturated carbocycles. The summed E-state index contributed by atoms with van der Waals surface area (Å²) in [7, 11) is 0. The first-order valence-corrected chi connectivity index (χ1v) is 4.40. The van der Waals surface area contributed by atoms with E-state index in [-0.39, 0.29) is 5.91 Å². The lowest BCUT2D eigenvalue weighted by molar-refractivity contribution is -0.114. The average Bonchev–Trinajstić information content (AvgIpc) is 2.09. The van der Waals surface area contributed by atoms with Gasteiger partial charge in [0, 0.05) is 12.6 Å². The fourth-order valence-corrected chi connectivity index (χ4v) is 1.33. The van der Waals surface area contributed by atoms with Crippen molar-refractivity contribution in [2.24, 2.45) is 5.84 Å². The van der Waals surface area contributed by atoms with Crippen LogP contribution in [0.3, 0.4) is 0 Å². The van der Waals surface area contributed by atoms with Crippen LogP contribution >= 0.6 is 0 Å². The Morgan fingerprint density at radius 1 is 1.29 bits per heavy atom. The predicted molar refractivity (Wildman–Crippen MR) is 58.0 cm³/mol. The molecule has 76 valence electrons. The minimum atomic E-state index is -0.0818. The van der Waals surface area contributed by atoms with Gasteiger partial charge in [-0.05, 0) is 37.1 Å². The molecule has 0 unspecified atom stereocenters. The molecule has 0 heterocycles. The second-order valence-electron chi connectivity index (χ2n) is 3.31. The number of hydrazine groups is 1. The summed E-state index contributed by atoms with van der Waals surface area (Å²) in [5.41, 5.74) is 6.21. The highest BCUT2D eigenvalue weighted by molar-refractivity contribution is 5.90. The minimum absolute atomic E-state index is 0.0818. The molecule has 1 amide bonds. The van der Waals surface area contributed by atoms with Gasteiger partial charge in [-0.25, -0.2) is 0 Å². The van der Waals surface area contributed by atoms with Crippen LogP contribution in [-0.4, -0.2) is 5.91 Å². The van der Waals surface area contributed by atoms with E-state index in [2.05, 4.69) is 10.7 Å². The minimum Gasteiger partial charge on any atom is -0.326 e. The smallest absolute Gasteiger partial charge is 0.221 e. The fourth-order valence-electron chi connectivity index (χ4n) is 1.33. The molecular weight excluding hydrogens is 178 g/mol. The fraction of sp³-hybridized carbons (Fsp3) is 0.300. The zero-order valence-electron chi connectivity index (χ0n) is 8.64. The van der Waals surface area contributed by atoms with Crippen molar-refractivity contribution in [3.63, 3.8) is 0 Å². The van der Waals surface area contributed by atoms with Gasteiger partial charge in [0.25, 0.3) is 0 Å². The maximum absolute atomic E-state index is 10.9. The second kappa shape index (κ2) is 4.11. The van der Waals surface area contributed by atoms with Crippen LogP contribution in [0.1, 0.15) is 18.1 Å². The highest BCUT2D eigenvalue weighted by Gasteiger charge is 2.05. The van der Waals surface area contributed by atoms with E-state index < -0.39 is 0 Å². The summed E-state index contributed by atoms with van der Waals surface area (Å²) in [5, 5.41) is 2.75. The van der Waals surface area contributed by atoms with Crippen LogP contribution in [0.25, 0.3) is 0 Å². The molecule has 1 aromatic carbocycles. The standard InChI is InChI=1S/C10H15N3O/c1-6-4-9(12-8(3)14)7(2)10(5-6)13-11/h4-5,13H,11H2,1-3H3,(H,12,14). The number of hydrogen-bond acceptors (Lipinski definition) is 3. The van der Waals surface area contributed by atoms with Crippen molar-refractivity contribution in [3.8, 4) is 0 Å².